The number of nitrogens with one attached hydrogen (secondary N) is 1. The zero-order valence-electron chi connectivity index (χ0n) is 16.6. The van der Waals surface area contributed by atoms with Crippen LogP contribution in [0.25, 0.3) is 5.65 Å². The summed E-state index contributed by atoms with van der Waals surface area (Å²) in [5.41, 5.74) is 0.539. The molecule has 0 atom stereocenters. The molecule has 2 heterocycles. The molecule has 9 heteroatoms. The van der Waals surface area contributed by atoms with Crippen LogP contribution in [0, 0.1) is 0 Å². The molecule has 156 valence electrons. The number of hydrogen-bond acceptors (Lipinski definition) is 6. The highest BCUT2D eigenvalue weighted by atomic mass is 35.5. The molecule has 1 N–H and O–H groups in total. The van der Waals surface area contributed by atoms with Gasteiger partial charge >= 0.3 is 12.1 Å². The Morgan fingerprint density at radius 3 is 2.50 bits per heavy atom. The SMILES string of the molecule is CC(C)(C)OC(=O)Nc1ccc(C(=O)OCc2cc(=O)n3cc(Cl)ccc3n2)cc1. The Balaban J connectivity index is 1.62. The van der Waals surface area contributed by atoms with Gasteiger partial charge in [0.15, 0.2) is 0 Å². The topological polar surface area (TPSA) is 99.0 Å². The van der Waals surface area contributed by atoms with Gasteiger partial charge in [0.25, 0.3) is 5.56 Å². The van der Waals surface area contributed by atoms with Crippen molar-refractivity contribution in [3.8, 4) is 0 Å². The number of aromatic nitrogens is 2. The minimum atomic E-state index is -0.612. The molecule has 0 aliphatic heterocycles. The summed E-state index contributed by atoms with van der Waals surface area (Å²) in [4.78, 5) is 40.5. The highest BCUT2D eigenvalue weighted by Crippen LogP contribution is 2.14. The fourth-order valence-electron chi connectivity index (χ4n) is 2.53. The third-order valence-electron chi connectivity index (χ3n) is 3.79. The van der Waals surface area contributed by atoms with Crippen molar-refractivity contribution >= 4 is 35.0 Å². The van der Waals surface area contributed by atoms with E-state index in [4.69, 9.17) is 21.1 Å². The Morgan fingerprint density at radius 1 is 1.13 bits per heavy atom. The van der Waals surface area contributed by atoms with Gasteiger partial charge in [-0.15, -0.1) is 0 Å². The molecule has 3 aromatic rings. The van der Waals surface area contributed by atoms with Gasteiger partial charge in [0.05, 0.1) is 16.3 Å². The number of anilines is 1. The molecule has 0 saturated heterocycles. The average Bonchev–Trinajstić information content (AvgIpc) is 2.66. The third kappa shape index (κ3) is 5.57. The number of halogens is 1. The first kappa shape index (κ1) is 21.3. The van der Waals surface area contributed by atoms with Crippen molar-refractivity contribution < 1.29 is 19.1 Å². The molecule has 0 spiro atoms. The summed E-state index contributed by atoms with van der Waals surface area (Å²) in [5.74, 6) is -0.586. The van der Waals surface area contributed by atoms with E-state index in [1.165, 1.54) is 28.8 Å². The summed E-state index contributed by atoms with van der Waals surface area (Å²) >= 11 is 5.88. The second kappa shape index (κ2) is 8.54. The first-order valence-electron chi connectivity index (χ1n) is 9.06. The highest BCUT2D eigenvalue weighted by molar-refractivity contribution is 6.30. The number of hydrogen-bond donors (Lipinski definition) is 1. The van der Waals surface area contributed by atoms with Crippen LogP contribution in [0.4, 0.5) is 10.5 Å². The number of amides is 1. The lowest BCUT2D eigenvalue weighted by Gasteiger charge is -2.19. The molecular weight excluding hydrogens is 410 g/mol. The van der Waals surface area contributed by atoms with Crippen molar-refractivity contribution in [2.75, 3.05) is 5.32 Å². The molecule has 30 heavy (non-hydrogen) atoms. The van der Waals surface area contributed by atoms with Gasteiger partial charge in [-0.25, -0.2) is 14.6 Å². The van der Waals surface area contributed by atoms with Crippen LogP contribution in [0.2, 0.25) is 5.02 Å². The highest BCUT2D eigenvalue weighted by Gasteiger charge is 2.16. The lowest BCUT2D eigenvalue weighted by atomic mass is 10.2. The van der Waals surface area contributed by atoms with Crippen LogP contribution in [0.1, 0.15) is 36.8 Å². The molecule has 2 aromatic heterocycles. The predicted molar refractivity (Wildman–Crippen MR) is 112 cm³/mol. The van der Waals surface area contributed by atoms with Gasteiger partial charge in [-0.2, -0.15) is 0 Å². The van der Waals surface area contributed by atoms with Crippen molar-refractivity contribution in [3.05, 3.63) is 75.3 Å². The van der Waals surface area contributed by atoms with E-state index in [-0.39, 0.29) is 17.7 Å². The Kier molecular flexibility index (Phi) is 6.07. The number of carbonyl (C=O) groups is 2. The number of benzene rings is 1. The molecule has 0 radical (unpaired) electrons. The van der Waals surface area contributed by atoms with Crippen LogP contribution >= 0.6 is 11.6 Å². The summed E-state index contributed by atoms with van der Waals surface area (Å²) in [5, 5.41) is 2.99. The van der Waals surface area contributed by atoms with Gasteiger partial charge in [-0.05, 0) is 57.2 Å². The van der Waals surface area contributed by atoms with Crippen molar-refractivity contribution in [2.24, 2.45) is 0 Å². The van der Waals surface area contributed by atoms with Crippen molar-refractivity contribution in [3.63, 3.8) is 0 Å². The molecule has 0 aliphatic rings. The number of carbonyl (C=O) groups excluding carboxylic acids is 2. The maximum absolute atomic E-state index is 12.3. The lowest BCUT2D eigenvalue weighted by Crippen LogP contribution is -2.27. The maximum atomic E-state index is 12.3. The van der Waals surface area contributed by atoms with E-state index in [0.29, 0.717) is 22.1 Å². The second-order valence-electron chi connectivity index (χ2n) is 7.44. The molecule has 3 rings (SSSR count). The molecule has 0 bridgehead atoms. The maximum Gasteiger partial charge on any atom is 0.412 e. The Labute approximate surface area is 177 Å². The van der Waals surface area contributed by atoms with E-state index in [9.17, 15) is 14.4 Å². The number of esters is 1. The summed E-state index contributed by atoms with van der Waals surface area (Å²) in [6.07, 6.45) is 0.877. The number of nitrogens with zero attached hydrogens (tertiary/aromatic N) is 2. The van der Waals surface area contributed by atoms with Gasteiger partial charge in [0, 0.05) is 18.0 Å². The zero-order chi connectivity index (χ0) is 21.9. The first-order valence-corrected chi connectivity index (χ1v) is 9.43. The third-order valence-corrected chi connectivity index (χ3v) is 4.02. The normalized spacial score (nSPS) is 11.2. The summed E-state index contributed by atoms with van der Waals surface area (Å²) in [6, 6.07) is 10.6. The van der Waals surface area contributed by atoms with Crippen LogP contribution in [0.5, 0.6) is 0 Å². The molecule has 8 nitrogen and oxygen atoms in total. The standard InChI is InChI=1S/C21H20ClN3O5/c1-21(2,3)30-20(28)24-15-7-4-13(5-8-15)19(27)29-12-16-10-18(26)25-11-14(22)6-9-17(25)23-16/h4-11H,12H2,1-3H3,(H,24,28). The lowest BCUT2D eigenvalue weighted by molar-refractivity contribution is 0.0467. The second-order valence-corrected chi connectivity index (χ2v) is 7.88. The minimum absolute atomic E-state index is 0.162. The van der Waals surface area contributed by atoms with Gasteiger partial charge in [-0.3, -0.25) is 14.5 Å². The Bertz CT molecular complexity index is 1150. The monoisotopic (exact) mass is 429 g/mol. The van der Waals surface area contributed by atoms with E-state index in [1.54, 1.807) is 45.0 Å². The zero-order valence-corrected chi connectivity index (χ0v) is 17.4. The smallest absolute Gasteiger partial charge is 0.412 e. The van der Waals surface area contributed by atoms with Gasteiger partial charge in [0.1, 0.15) is 17.9 Å². The molecule has 1 amide bonds. The fourth-order valence-corrected chi connectivity index (χ4v) is 2.69. The summed E-state index contributed by atoms with van der Waals surface area (Å²) in [6.45, 7) is 5.13. The van der Waals surface area contributed by atoms with E-state index in [1.807, 2.05) is 0 Å². The molecule has 0 aliphatic carbocycles. The van der Waals surface area contributed by atoms with Crippen molar-refractivity contribution in [2.45, 2.75) is 33.0 Å². The van der Waals surface area contributed by atoms with Crippen LogP contribution in [-0.2, 0) is 16.1 Å². The average molecular weight is 430 g/mol. The largest absolute Gasteiger partial charge is 0.456 e. The first-order chi connectivity index (χ1) is 14.1. The van der Waals surface area contributed by atoms with E-state index >= 15 is 0 Å². The predicted octanol–water partition coefficient (Wildman–Crippen LogP) is 4.05. The molecule has 0 fully saturated rings. The summed E-state index contributed by atoms with van der Waals surface area (Å²) in [7, 11) is 0. The summed E-state index contributed by atoms with van der Waals surface area (Å²) < 4.78 is 11.7. The van der Waals surface area contributed by atoms with Gasteiger partial charge < -0.3 is 9.47 Å². The number of fused-ring (bicyclic) bond motifs is 1. The molecular formula is C21H20ClN3O5. The minimum Gasteiger partial charge on any atom is -0.456 e. The number of rotatable bonds is 4. The van der Waals surface area contributed by atoms with Crippen molar-refractivity contribution in [1.29, 1.82) is 0 Å². The number of ether oxygens (including phenoxy) is 2. The Hall–Kier alpha value is -3.39. The molecule has 1 aromatic carbocycles. The van der Waals surface area contributed by atoms with Crippen LogP contribution in [0.15, 0.2) is 53.5 Å². The van der Waals surface area contributed by atoms with E-state index < -0.39 is 17.7 Å². The van der Waals surface area contributed by atoms with Crippen molar-refractivity contribution in [1.82, 2.24) is 9.38 Å². The van der Waals surface area contributed by atoms with Crippen LogP contribution < -0.4 is 10.9 Å². The molecule has 0 unspecified atom stereocenters. The quantitative estimate of drug-likeness (QED) is 0.628. The Morgan fingerprint density at radius 2 is 1.83 bits per heavy atom. The van der Waals surface area contributed by atoms with Crippen LogP contribution in [-0.4, -0.2) is 27.0 Å². The number of pyridine rings is 1. The van der Waals surface area contributed by atoms with E-state index in [0.717, 1.165) is 0 Å². The van der Waals surface area contributed by atoms with E-state index in [2.05, 4.69) is 10.3 Å². The van der Waals surface area contributed by atoms with Gasteiger partial charge in [0.2, 0.25) is 0 Å². The molecule has 0 saturated carbocycles. The van der Waals surface area contributed by atoms with Gasteiger partial charge in [-0.1, -0.05) is 11.6 Å². The van der Waals surface area contributed by atoms with Crippen LogP contribution in [0.3, 0.4) is 0 Å². The fraction of sp³-hybridized carbons (Fsp3) is 0.238.